The first-order valence-corrected chi connectivity index (χ1v) is 5.83. The minimum absolute atomic E-state index is 0.560. The molecular formula is C13H23NO. The second-order valence-corrected chi connectivity index (χ2v) is 4.49. The van der Waals surface area contributed by atoms with Gasteiger partial charge in [-0.05, 0) is 32.8 Å². The number of hydrogen-bond acceptors (Lipinski definition) is 2. The summed E-state index contributed by atoms with van der Waals surface area (Å²) < 4.78 is 5.49. The first-order valence-electron chi connectivity index (χ1n) is 5.83. The van der Waals surface area contributed by atoms with E-state index >= 15 is 0 Å². The van der Waals surface area contributed by atoms with Crippen LogP contribution >= 0.6 is 0 Å². The van der Waals surface area contributed by atoms with Gasteiger partial charge in [-0.15, -0.1) is 0 Å². The Hall–Kier alpha value is -0.760. The summed E-state index contributed by atoms with van der Waals surface area (Å²) in [7, 11) is 0. The summed E-state index contributed by atoms with van der Waals surface area (Å²) in [5.41, 5.74) is 1.28. The first-order chi connectivity index (χ1) is 7.04. The predicted molar refractivity (Wildman–Crippen MR) is 63.9 cm³/mol. The molecule has 1 aromatic heterocycles. The normalized spacial score (nSPS) is 15.3. The van der Waals surface area contributed by atoms with Gasteiger partial charge in [0.2, 0.25) is 0 Å². The van der Waals surface area contributed by atoms with E-state index in [-0.39, 0.29) is 0 Å². The Morgan fingerprint density at radius 3 is 2.47 bits per heavy atom. The molecule has 0 aliphatic heterocycles. The van der Waals surface area contributed by atoms with Gasteiger partial charge in [-0.25, -0.2) is 0 Å². The number of aryl methyl sites for hydroxylation is 2. The van der Waals surface area contributed by atoms with Crippen LogP contribution in [-0.2, 0) is 6.54 Å². The second-order valence-electron chi connectivity index (χ2n) is 4.49. The molecule has 1 heterocycles. The lowest BCUT2D eigenvalue weighted by Gasteiger charge is -2.19. The van der Waals surface area contributed by atoms with Crippen molar-refractivity contribution in [3.63, 3.8) is 0 Å². The number of rotatable bonds is 5. The highest BCUT2D eigenvalue weighted by molar-refractivity contribution is 5.19. The molecule has 0 aliphatic rings. The molecule has 0 spiro atoms. The molecule has 2 heteroatoms. The highest BCUT2D eigenvalue weighted by Gasteiger charge is 2.11. The zero-order valence-electron chi connectivity index (χ0n) is 10.6. The zero-order valence-corrected chi connectivity index (χ0v) is 10.6. The molecule has 0 radical (unpaired) electrons. The molecule has 1 rings (SSSR count). The molecule has 0 saturated carbocycles. The van der Waals surface area contributed by atoms with Crippen LogP contribution in [0.3, 0.4) is 0 Å². The monoisotopic (exact) mass is 209 g/mol. The Bertz CT molecular complexity index is 303. The van der Waals surface area contributed by atoms with Crippen molar-refractivity contribution in [3.05, 3.63) is 23.2 Å². The summed E-state index contributed by atoms with van der Waals surface area (Å²) in [5.74, 6) is 2.76. The van der Waals surface area contributed by atoms with Gasteiger partial charge in [0.25, 0.3) is 0 Å². The summed E-state index contributed by atoms with van der Waals surface area (Å²) in [4.78, 5) is 0. The van der Waals surface area contributed by atoms with Crippen molar-refractivity contribution in [2.45, 2.75) is 53.6 Å². The summed E-state index contributed by atoms with van der Waals surface area (Å²) in [6.45, 7) is 11.7. The molecule has 1 N–H and O–H groups in total. The highest BCUT2D eigenvalue weighted by Crippen LogP contribution is 2.14. The first kappa shape index (κ1) is 12.3. The van der Waals surface area contributed by atoms with Crippen LogP contribution in [0.5, 0.6) is 0 Å². The van der Waals surface area contributed by atoms with Gasteiger partial charge in [0, 0.05) is 18.2 Å². The summed E-state index contributed by atoms with van der Waals surface area (Å²) in [6.07, 6.45) is 1.22. The summed E-state index contributed by atoms with van der Waals surface area (Å²) in [5, 5.41) is 3.54. The van der Waals surface area contributed by atoms with E-state index in [1.54, 1.807) is 0 Å². The molecular weight excluding hydrogens is 186 g/mol. The third-order valence-electron chi connectivity index (χ3n) is 3.26. The molecule has 2 nitrogen and oxygen atoms in total. The molecule has 2 atom stereocenters. The van der Waals surface area contributed by atoms with Gasteiger partial charge in [0.15, 0.2) is 0 Å². The van der Waals surface area contributed by atoms with Crippen LogP contribution in [0.2, 0.25) is 0 Å². The Labute approximate surface area is 93.1 Å². The zero-order chi connectivity index (χ0) is 11.4. The Morgan fingerprint density at radius 2 is 2.00 bits per heavy atom. The molecule has 2 unspecified atom stereocenters. The van der Waals surface area contributed by atoms with Crippen molar-refractivity contribution in [3.8, 4) is 0 Å². The quantitative estimate of drug-likeness (QED) is 0.803. The van der Waals surface area contributed by atoms with Gasteiger partial charge in [-0.2, -0.15) is 0 Å². The molecule has 0 saturated heterocycles. The molecule has 0 amide bonds. The smallest absolute Gasteiger partial charge is 0.105 e. The third-order valence-corrected chi connectivity index (χ3v) is 3.26. The average Bonchev–Trinajstić information content (AvgIpc) is 2.52. The molecule has 1 aromatic rings. The maximum Gasteiger partial charge on any atom is 0.105 e. The van der Waals surface area contributed by atoms with E-state index in [9.17, 15) is 0 Å². The van der Waals surface area contributed by atoms with E-state index in [0.717, 1.165) is 24.0 Å². The van der Waals surface area contributed by atoms with Crippen LogP contribution < -0.4 is 5.32 Å². The largest absolute Gasteiger partial charge is 0.466 e. The van der Waals surface area contributed by atoms with E-state index in [1.165, 1.54) is 12.0 Å². The van der Waals surface area contributed by atoms with Gasteiger partial charge in [-0.3, -0.25) is 0 Å². The van der Waals surface area contributed by atoms with Crippen LogP contribution in [0.15, 0.2) is 10.5 Å². The van der Waals surface area contributed by atoms with Crippen LogP contribution in [0.25, 0.3) is 0 Å². The van der Waals surface area contributed by atoms with E-state index in [2.05, 4.69) is 32.2 Å². The minimum Gasteiger partial charge on any atom is -0.466 e. The maximum atomic E-state index is 5.49. The van der Waals surface area contributed by atoms with Crippen molar-refractivity contribution in [1.82, 2.24) is 5.32 Å². The predicted octanol–water partition coefficient (Wildman–Crippen LogP) is 3.42. The van der Waals surface area contributed by atoms with Gasteiger partial charge in [0.1, 0.15) is 11.5 Å². The van der Waals surface area contributed by atoms with Crippen LogP contribution in [0, 0.1) is 19.8 Å². The van der Waals surface area contributed by atoms with Gasteiger partial charge in [-0.1, -0.05) is 20.3 Å². The van der Waals surface area contributed by atoms with Crippen molar-refractivity contribution < 1.29 is 4.42 Å². The highest BCUT2D eigenvalue weighted by atomic mass is 16.3. The van der Waals surface area contributed by atoms with Gasteiger partial charge in [0.05, 0.1) is 0 Å². The van der Waals surface area contributed by atoms with E-state index in [1.807, 2.05) is 13.8 Å². The standard InChI is InChI=1S/C13H23NO/c1-6-9(2)11(4)14-8-13-7-10(3)15-12(13)5/h7,9,11,14H,6,8H2,1-5H3. The maximum absolute atomic E-state index is 5.49. The summed E-state index contributed by atoms with van der Waals surface area (Å²) in [6, 6.07) is 2.68. The fraction of sp³-hybridized carbons (Fsp3) is 0.692. The van der Waals surface area contributed by atoms with Crippen molar-refractivity contribution in [2.24, 2.45) is 5.92 Å². The van der Waals surface area contributed by atoms with Crippen LogP contribution in [0.1, 0.15) is 44.3 Å². The minimum atomic E-state index is 0.560. The third kappa shape index (κ3) is 3.38. The van der Waals surface area contributed by atoms with Crippen LogP contribution in [-0.4, -0.2) is 6.04 Å². The van der Waals surface area contributed by atoms with Crippen LogP contribution in [0.4, 0.5) is 0 Å². The van der Waals surface area contributed by atoms with E-state index in [4.69, 9.17) is 4.42 Å². The summed E-state index contributed by atoms with van der Waals surface area (Å²) >= 11 is 0. The number of furan rings is 1. The molecule has 0 fully saturated rings. The molecule has 0 aliphatic carbocycles. The van der Waals surface area contributed by atoms with E-state index < -0.39 is 0 Å². The fourth-order valence-electron chi connectivity index (χ4n) is 1.68. The van der Waals surface area contributed by atoms with Crippen molar-refractivity contribution in [2.75, 3.05) is 0 Å². The van der Waals surface area contributed by atoms with Crippen molar-refractivity contribution in [1.29, 1.82) is 0 Å². The second kappa shape index (κ2) is 5.36. The fourth-order valence-corrected chi connectivity index (χ4v) is 1.68. The number of nitrogens with one attached hydrogen (secondary N) is 1. The van der Waals surface area contributed by atoms with Gasteiger partial charge >= 0.3 is 0 Å². The Morgan fingerprint density at radius 1 is 1.33 bits per heavy atom. The average molecular weight is 209 g/mol. The molecule has 86 valence electrons. The lowest BCUT2D eigenvalue weighted by atomic mass is 10.0. The molecule has 15 heavy (non-hydrogen) atoms. The Balaban J connectivity index is 2.46. The Kier molecular flexibility index (Phi) is 4.40. The number of hydrogen-bond donors (Lipinski definition) is 1. The lowest BCUT2D eigenvalue weighted by molar-refractivity contribution is 0.388. The SMILES string of the molecule is CCC(C)C(C)NCc1cc(C)oc1C. The van der Waals surface area contributed by atoms with Crippen molar-refractivity contribution >= 4 is 0 Å². The molecule has 0 bridgehead atoms. The topological polar surface area (TPSA) is 25.2 Å². The van der Waals surface area contributed by atoms with E-state index in [0.29, 0.717) is 6.04 Å². The van der Waals surface area contributed by atoms with Gasteiger partial charge < -0.3 is 9.73 Å². The lowest BCUT2D eigenvalue weighted by Crippen LogP contribution is -2.31. The molecule has 0 aromatic carbocycles.